The minimum absolute atomic E-state index is 0.454. The molecule has 2 aliphatic carbocycles. The molecule has 1 aromatic carbocycles. The fourth-order valence-electron chi connectivity index (χ4n) is 2.03. The van der Waals surface area contributed by atoms with Crippen molar-refractivity contribution in [2.24, 2.45) is 5.92 Å². The number of benzene rings is 1. The van der Waals surface area contributed by atoms with Gasteiger partial charge in [0.2, 0.25) is 0 Å². The second kappa shape index (κ2) is 2.59. The van der Waals surface area contributed by atoms with Gasteiger partial charge in [-0.15, -0.1) is 0 Å². The lowest BCUT2D eigenvalue weighted by atomic mass is 9.82. The SMILES string of the molecule is [C]1c2ccccc2CC2=CC=CC12. The van der Waals surface area contributed by atoms with E-state index in [0.29, 0.717) is 5.92 Å². The number of hydrogen-bond donors (Lipinski definition) is 0. The molecule has 3 rings (SSSR count). The van der Waals surface area contributed by atoms with Crippen LogP contribution in [0.5, 0.6) is 0 Å². The zero-order valence-electron chi connectivity index (χ0n) is 7.33. The van der Waals surface area contributed by atoms with Gasteiger partial charge in [-0.1, -0.05) is 48.1 Å². The van der Waals surface area contributed by atoms with Crippen molar-refractivity contribution in [1.29, 1.82) is 0 Å². The first-order valence-electron chi connectivity index (χ1n) is 4.65. The summed E-state index contributed by atoms with van der Waals surface area (Å²) in [5.41, 5.74) is 4.18. The van der Waals surface area contributed by atoms with Crippen LogP contribution in [-0.2, 0) is 6.42 Å². The van der Waals surface area contributed by atoms with E-state index in [0.717, 1.165) is 6.42 Å². The zero-order chi connectivity index (χ0) is 8.67. The fourth-order valence-corrected chi connectivity index (χ4v) is 2.03. The van der Waals surface area contributed by atoms with Gasteiger partial charge in [0.15, 0.2) is 0 Å². The summed E-state index contributed by atoms with van der Waals surface area (Å²) in [6, 6.07) is 8.53. The summed E-state index contributed by atoms with van der Waals surface area (Å²) in [7, 11) is 0. The molecule has 0 heteroatoms. The number of allylic oxidation sites excluding steroid dienone is 4. The van der Waals surface area contributed by atoms with Crippen molar-refractivity contribution >= 4 is 0 Å². The Kier molecular flexibility index (Phi) is 1.42. The number of rotatable bonds is 0. The van der Waals surface area contributed by atoms with Gasteiger partial charge in [-0.2, -0.15) is 0 Å². The molecule has 0 aromatic heterocycles. The summed E-state index contributed by atoms with van der Waals surface area (Å²) in [6.45, 7) is 0. The van der Waals surface area contributed by atoms with Crippen molar-refractivity contribution in [3.05, 3.63) is 65.6 Å². The molecule has 1 aromatic rings. The normalized spacial score (nSPS) is 23.7. The maximum atomic E-state index is 3.50. The van der Waals surface area contributed by atoms with E-state index >= 15 is 0 Å². The summed E-state index contributed by atoms with van der Waals surface area (Å²) in [5, 5.41) is 0. The van der Waals surface area contributed by atoms with E-state index in [1.807, 2.05) is 0 Å². The van der Waals surface area contributed by atoms with Gasteiger partial charge in [-0.25, -0.2) is 0 Å². The Morgan fingerprint density at radius 3 is 3.15 bits per heavy atom. The summed E-state index contributed by atoms with van der Waals surface area (Å²) in [6.07, 6.45) is 11.2. The van der Waals surface area contributed by atoms with Crippen LogP contribution < -0.4 is 0 Å². The highest BCUT2D eigenvalue weighted by Gasteiger charge is 2.22. The predicted octanol–water partition coefficient (Wildman–Crippen LogP) is 2.78. The van der Waals surface area contributed by atoms with Crippen molar-refractivity contribution in [3.63, 3.8) is 0 Å². The highest BCUT2D eigenvalue weighted by molar-refractivity contribution is 5.48. The molecule has 62 valence electrons. The van der Waals surface area contributed by atoms with Crippen LogP contribution >= 0.6 is 0 Å². The second-order valence-corrected chi connectivity index (χ2v) is 3.58. The van der Waals surface area contributed by atoms with E-state index in [9.17, 15) is 0 Å². The molecule has 0 fully saturated rings. The first-order chi connectivity index (χ1) is 6.43. The van der Waals surface area contributed by atoms with Gasteiger partial charge in [0.1, 0.15) is 0 Å². The van der Waals surface area contributed by atoms with Crippen molar-refractivity contribution in [2.45, 2.75) is 6.42 Å². The summed E-state index contributed by atoms with van der Waals surface area (Å²) in [4.78, 5) is 0. The van der Waals surface area contributed by atoms with Crippen LogP contribution in [0.2, 0.25) is 0 Å². The lowest BCUT2D eigenvalue weighted by molar-refractivity contribution is 0.831. The Morgan fingerprint density at radius 2 is 2.15 bits per heavy atom. The zero-order valence-corrected chi connectivity index (χ0v) is 7.33. The molecule has 0 N–H and O–H groups in total. The van der Waals surface area contributed by atoms with Crippen LogP contribution in [0, 0.1) is 12.3 Å². The maximum absolute atomic E-state index is 3.50. The van der Waals surface area contributed by atoms with Gasteiger partial charge in [0.05, 0.1) is 0 Å². The second-order valence-electron chi connectivity index (χ2n) is 3.58. The molecular weight excluding hydrogens is 156 g/mol. The molecule has 0 saturated heterocycles. The summed E-state index contributed by atoms with van der Waals surface area (Å²) in [5.74, 6) is 0.454. The lowest BCUT2D eigenvalue weighted by Gasteiger charge is -2.22. The Labute approximate surface area is 78.6 Å². The standard InChI is InChI=1S/C13H10/c1-2-5-11-9-13-7-3-6-12(13)8-10(11)4-1/h1-7,13H,8H2. The Balaban J connectivity index is 2.07. The van der Waals surface area contributed by atoms with Gasteiger partial charge < -0.3 is 0 Å². The van der Waals surface area contributed by atoms with Gasteiger partial charge in [-0.3, -0.25) is 0 Å². The van der Waals surface area contributed by atoms with E-state index < -0.39 is 0 Å². The monoisotopic (exact) mass is 166 g/mol. The van der Waals surface area contributed by atoms with E-state index in [2.05, 4.69) is 48.9 Å². The topological polar surface area (TPSA) is 0 Å². The van der Waals surface area contributed by atoms with Crippen LogP contribution in [0.3, 0.4) is 0 Å². The summed E-state index contributed by atoms with van der Waals surface area (Å²) < 4.78 is 0. The molecule has 0 bridgehead atoms. The third kappa shape index (κ3) is 1.06. The molecular formula is C13H10. The first kappa shape index (κ1) is 7.14. The molecule has 2 aliphatic rings. The molecule has 1 atom stereocenters. The molecule has 0 nitrogen and oxygen atoms in total. The van der Waals surface area contributed by atoms with Crippen molar-refractivity contribution in [3.8, 4) is 0 Å². The maximum Gasteiger partial charge on any atom is 0.0286 e. The van der Waals surface area contributed by atoms with Gasteiger partial charge in [0.25, 0.3) is 0 Å². The molecule has 0 heterocycles. The quantitative estimate of drug-likeness (QED) is 0.556. The van der Waals surface area contributed by atoms with Crippen LogP contribution in [0.15, 0.2) is 48.1 Å². The van der Waals surface area contributed by atoms with E-state index in [1.54, 1.807) is 0 Å². The molecule has 1 unspecified atom stereocenters. The number of hydrogen-bond acceptors (Lipinski definition) is 0. The molecule has 13 heavy (non-hydrogen) atoms. The van der Waals surface area contributed by atoms with E-state index in [4.69, 9.17) is 0 Å². The largest absolute Gasteiger partial charge is 0.0764 e. The first-order valence-corrected chi connectivity index (χ1v) is 4.65. The Hall–Kier alpha value is -1.30. The predicted molar refractivity (Wildman–Crippen MR) is 53.2 cm³/mol. The van der Waals surface area contributed by atoms with Crippen LogP contribution in [0.25, 0.3) is 0 Å². The van der Waals surface area contributed by atoms with E-state index in [-0.39, 0.29) is 0 Å². The Morgan fingerprint density at radius 1 is 1.23 bits per heavy atom. The van der Waals surface area contributed by atoms with Crippen LogP contribution in [-0.4, -0.2) is 0 Å². The third-order valence-corrected chi connectivity index (χ3v) is 2.74. The van der Waals surface area contributed by atoms with E-state index in [1.165, 1.54) is 16.7 Å². The molecule has 2 radical (unpaired) electrons. The fraction of sp³-hybridized carbons (Fsp3) is 0.154. The van der Waals surface area contributed by atoms with Crippen molar-refractivity contribution in [2.75, 3.05) is 0 Å². The van der Waals surface area contributed by atoms with Crippen LogP contribution in [0.1, 0.15) is 11.1 Å². The highest BCUT2D eigenvalue weighted by atomic mass is 14.3. The van der Waals surface area contributed by atoms with Crippen molar-refractivity contribution < 1.29 is 0 Å². The average molecular weight is 166 g/mol. The van der Waals surface area contributed by atoms with Gasteiger partial charge >= 0.3 is 0 Å². The van der Waals surface area contributed by atoms with Crippen molar-refractivity contribution in [1.82, 2.24) is 0 Å². The Bertz CT molecular complexity index is 396. The average Bonchev–Trinajstić information content (AvgIpc) is 2.61. The molecule has 0 amide bonds. The third-order valence-electron chi connectivity index (χ3n) is 2.74. The molecule has 0 spiro atoms. The van der Waals surface area contributed by atoms with Crippen LogP contribution in [0.4, 0.5) is 0 Å². The lowest BCUT2D eigenvalue weighted by Crippen LogP contribution is -2.11. The summed E-state index contributed by atoms with van der Waals surface area (Å²) >= 11 is 0. The number of fused-ring (bicyclic) bond motifs is 2. The minimum Gasteiger partial charge on any atom is -0.0764 e. The van der Waals surface area contributed by atoms with Gasteiger partial charge in [-0.05, 0) is 17.5 Å². The van der Waals surface area contributed by atoms with Gasteiger partial charge in [0, 0.05) is 12.3 Å². The smallest absolute Gasteiger partial charge is 0.0286 e. The minimum atomic E-state index is 0.454. The molecule has 0 saturated carbocycles. The molecule has 0 aliphatic heterocycles. The highest BCUT2D eigenvalue weighted by Crippen LogP contribution is 2.34.